The minimum atomic E-state index is -3.72. The lowest BCUT2D eigenvalue weighted by Gasteiger charge is -2.09. The second kappa shape index (κ2) is 6.84. The molecule has 0 radical (unpaired) electrons. The first-order valence-electron chi connectivity index (χ1n) is 8.19. The summed E-state index contributed by atoms with van der Waals surface area (Å²) in [5.74, 6) is -0.182. The number of hydrogen-bond acceptors (Lipinski definition) is 3. The van der Waals surface area contributed by atoms with E-state index in [1.165, 1.54) is 4.68 Å². The Kier molecular flexibility index (Phi) is 4.73. The molecule has 0 atom stereocenters. The van der Waals surface area contributed by atoms with E-state index in [1.807, 2.05) is 37.3 Å². The Labute approximate surface area is 152 Å². The Bertz CT molecular complexity index is 1100. The first-order chi connectivity index (χ1) is 12.3. The molecule has 7 heteroatoms. The van der Waals surface area contributed by atoms with Gasteiger partial charge in [-0.05, 0) is 37.1 Å². The van der Waals surface area contributed by atoms with Gasteiger partial charge in [0.15, 0.2) is 0 Å². The fraction of sp³-hybridized carbons (Fsp3) is 0.211. The predicted octanol–water partition coefficient (Wildman–Crippen LogP) is 2.73. The lowest BCUT2D eigenvalue weighted by Crippen LogP contribution is -2.23. The van der Waals surface area contributed by atoms with Gasteiger partial charge >= 0.3 is 0 Å². The summed E-state index contributed by atoms with van der Waals surface area (Å²) in [6, 6.07) is 16.4. The molecule has 0 aliphatic heterocycles. The van der Waals surface area contributed by atoms with Crippen molar-refractivity contribution in [3.8, 4) is 5.69 Å². The van der Waals surface area contributed by atoms with Gasteiger partial charge in [0.2, 0.25) is 10.0 Å². The van der Waals surface area contributed by atoms with Crippen molar-refractivity contribution in [3.63, 3.8) is 0 Å². The highest BCUT2D eigenvalue weighted by molar-refractivity contribution is 7.91. The number of hydrogen-bond donors (Lipinski definition) is 1. The number of anilines is 1. The summed E-state index contributed by atoms with van der Waals surface area (Å²) in [5, 5.41) is 0. The fourth-order valence-corrected chi connectivity index (χ4v) is 4.21. The van der Waals surface area contributed by atoms with Gasteiger partial charge in [0.25, 0.3) is 5.56 Å². The van der Waals surface area contributed by atoms with Gasteiger partial charge in [0.05, 0.1) is 17.1 Å². The molecule has 6 nitrogen and oxygen atoms in total. The molecule has 0 saturated carbocycles. The number of rotatable bonds is 5. The van der Waals surface area contributed by atoms with Gasteiger partial charge in [-0.25, -0.2) is 13.1 Å². The number of benzene rings is 2. The van der Waals surface area contributed by atoms with E-state index in [-0.39, 0.29) is 11.4 Å². The maximum atomic E-state index is 12.8. The zero-order chi connectivity index (χ0) is 18.9. The molecule has 136 valence electrons. The van der Waals surface area contributed by atoms with Gasteiger partial charge < -0.3 is 0 Å². The van der Waals surface area contributed by atoms with E-state index in [0.29, 0.717) is 16.9 Å². The zero-order valence-electron chi connectivity index (χ0n) is 14.9. The molecule has 0 saturated heterocycles. The van der Waals surface area contributed by atoms with E-state index in [2.05, 4.69) is 4.72 Å². The van der Waals surface area contributed by atoms with Crippen LogP contribution in [-0.2, 0) is 22.8 Å². The standard InChI is InChI=1S/C19H21N3O3S/c1-14-9-7-8-10-16(14)13-26(24,25)20-18-15(2)21(3)22(19(18)23)17-11-5-4-6-12-17/h4-12,20H,13H2,1-3H3. The van der Waals surface area contributed by atoms with Gasteiger partial charge in [-0.2, -0.15) is 0 Å². The van der Waals surface area contributed by atoms with Crippen molar-refractivity contribution in [1.82, 2.24) is 9.36 Å². The minimum Gasteiger partial charge on any atom is -0.283 e. The van der Waals surface area contributed by atoms with Crippen molar-refractivity contribution < 1.29 is 8.42 Å². The molecule has 0 bridgehead atoms. The molecular weight excluding hydrogens is 350 g/mol. The minimum absolute atomic E-state index is 0.0740. The van der Waals surface area contributed by atoms with Crippen LogP contribution in [0.25, 0.3) is 5.69 Å². The number of nitrogens with one attached hydrogen (secondary N) is 1. The van der Waals surface area contributed by atoms with Crippen molar-refractivity contribution in [2.45, 2.75) is 19.6 Å². The molecule has 26 heavy (non-hydrogen) atoms. The van der Waals surface area contributed by atoms with Gasteiger partial charge in [-0.15, -0.1) is 0 Å². The third-order valence-corrected chi connectivity index (χ3v) is 5.62. The van der Waals surface area contributed by atoms with E-state index in [1.54, 1.807) is 42.9 Å². The largest absolute Gasteiger partial charge is 0.296 e. The molecule has 0 amide bonds. The molecular formula is C19H21N3O3S. The van der Waals surface area contributed by atoms with Crippen LogP contribution in [0.3, 0.4) is 0 Å². The summed E-state index contributed by atoms with van der Waals surface area (Å²) in [6.45, 7) is 3.58. The van der Waals surface area contributed by atoms with Crippen molar-refractivity contribution >= 4 is 15.7 Å². The molecule has 0 unspecified atom stereocenters. The number of sulfonamides is 1. The number of aryl methyl sites for hydroxylation is 1. The molecule has 1 aromatic heterocycles. The average Bonchev–Trinajstić information content (AvgIpc) is 2.81. The van der Waals surface area contributed by atoms with Gasteiger partial charge in [0.1, 0.15) is 5.69 Å². The van der Waals surface area contributed by atoms with E-state index >= 15 is 0 Å². The number of aromatic nitrogens is 2. The van der Waals surface area contributed by atoms with Crippen LogP contribution in [0.1, 0.15) is 16.8 Å². The maximum absolute atomic E-state index is 12.8. The van der Waals surface area contributed by atoms with Crippen LogP contribution in [0.5, 0.6) is 0 Å². The summed E-state index contributed by atoms with van der Waals surface area (Å²) in [6.07, 6.45) is 0. The van der Waals surface area contributed by atoms with Crippen molar-refractivity contribution in [2.75, 3.05) is 4.72 Å². The van der Waals surface area contributed by atoms with Crippen LogP contribution in [0.15, 0.2) is 59.4 Å². The lowest BCUT2D eigenvalue weighted by molar-refractivity contribution is 0.600. The third-order valence-electron chi connectivity index (χ3n) is 4.42. The van der Waals surface area contributed by atoms with Crippen LogP contribution in [0.2, 0.25) is 0 Å². The highest BCUT2D eigenvalue weighted by Gasteiger charge is 2.21. The quantitative estimate of drug-likeness (QED) is 0.749. The van der Waals surface area contributed by atoms with Gasteiger partial charge in [-0.1, -0.05) is 42.5 Å². The fourth-order valence-electron chi connectivity index (χ4n) is 2.85. The molecule has 1 heterocycles. The Morgan fingerprint density at radius 1 is 0.962 bits per heavy atom. The smallest absolute Gasteiger partial charge is 0.283 e. The molecule has 0 aliphatic rings. The molecule has 3 aromatic rings. The second-order valence-electron chi connectivity index (χ2n) is 6.22. The Morgan fingerprint density at radius 2 is 1.58 bits per heavy atom. The van der Waals surface area contributed by atoms with Crippen molar-refractivity contribution in [3.05, 3.63) is 81.8 Å². The summed E-state index contributed by atoms with van der Waals surface area (Å²) in [4.78, 5) is 12.8. The van der Waals surface area contributed by atoms with Crippen molar-refractivity contribution in [2.24, 2.45) is 7.05 Å². The Morgan fingerprint density at radius 3 is 2.23 bits per heavy atom. The summed E-state index contributed by atoms with van der Waals surface area (Å²) < 4.78 is 30.8. The van der Waals surface area contributed by atoms with Crippen LogP contribution in [-0.4, -0.2) is 17.8 Å². The van der Waals surface area contributed by atoms with Crippen LogP contribution < -0.4 is 10.3 Å². The normalized spacial score (nSPS) is 11.5. The molecule has 3 rings (SSSR count). The SMILES string of the molecule is Cc1ccccc1CS(=O)(=O)Nc1c(C)n(C)n(-c2ccccc2)c1=O. The van der Waals surface area contributed by atoms with Crippen LogP contribution in [0.4, 0.5) is 5.69 Å². The lowest BCUT2D eigenvalue weighted by atomic mass is 10.1. The number of para-hydroxylation sites is 1. The summed E-state index contributed by atoms with van der Waals surface area (Å²) in [5.41, 5.74) is 2.50. The van der Waals surface area contributed by atoms with E-state index in [0.717, 1.165) is 5.56 Å². The first kappa shape index (κ1) is 18.0. The van der Waals surface area contributed by atoms with E-state index in [4.69, 9.17) is 0 Å². The zero-order valence-corrected chi connectivity index (χ0v) is 15.7. The van der Waals surface area contributed by atoms with Crippen LogP contribution >= 0.6 is 0 Å². The van der Waals surface area contributed by atoms with E-state index in [9.17, 15) is 13.2 Å². The van der Waals surface area contributed by atoms with Crippen molar-refractivity contribution in [1.29, 1.82) is 0 Å². The van der Waals surface area contributed by atoms with Gasteiger partial charge in [0, 0.05) is 7.05 Å². The third kappa shape index (κ3) is 3.43. The average molecular weight is 371 g/mol. The maximum Gasteiger partial charge on any atom is 0.296 e. The molecule has 1 N–H and O–H groups in total. The predicted molar refractivity (Wildman–Crippen MR) is 103 cm³/mol. The topological polar surface area (TPSA) is 73.1 Å². The summed E-state index contributed by atoms with van der Waals surface area (Å²) >= 11 is 0. The first-order valence-corrected chi connectivity index (χ1v) is 9.84. The Balaban J connectivity index is 1.98. The Hall–Kier alpha value is -2.80. The molecule has 2 aromatic carbocycles. The molecule has 0 spiro atoms. The van der Waals surface area contributed by atoms with Crippen LogP contribution in [0, 0.1) is 13.8 Å². The molecule has 0 aliphatic carbocycles. The highest BCUT2D eigenvalue weighted by atomic mass is 32.2. The molecule has 0 fully saturated rings. The number of nitrogens with zero attached hydrogens (tertiary/aromatic N) is 2. The van der Waals surface area contributed by atoms with Gasteiger partial charge in [-0.3, -0.25) is 14.2 Å². The highest BCUT2D eigenvalue weighted by Crippen LogP contribution is 2.18. The monoisotopic (exact) mass is 371 g/mol. The van der Waals surface area contributed by atoms with E-state index < -0.39 is 15.6 Å². The second-order valence-corrected chi connectivity index (χ2v) is 7.95. The summed E-state index contributed by atoms with van der Waals surface area (Å²) in [7, 11) is -1.99.